The van der Waals surface area contributed by atoms with E-state index in [2.05, 4.69) is 10.6 Å². The van der Waals surface area contributed by atoms with Crippen molar-refractivity contribution in [3.63, 3.8) is 0 Å². The van der Waals surface area contributed by atoms with E-state index in [1.54, 1.807) is 23.8 Å². The second kappa shape index (κ2) is 10.7. The van der Waals surface area contributed by atoms with Crippen LogP contribution in [0.5, 0.6) is 0 Å². The Kier molecular flexibility index (Phi) is 7.78. The molecule has 0 aliphatic rings. The summed E-state index contributed by atoms with van der Waals surface area (Å²) < 4.78 is 6.68. The van der Waals surface area contributed by atoms with E-state index in [9.17, 15) is 14.4 Å². The predicted octanol–water partition coefficient (Wildman–Crippen LogP) is 1.26. The van der Waals surface area contributed by atoms with Crippen LogP contribution in [0.15, 0.2) is 41.2 Å². The van der Waals surface area contributed by atoms with Gasteiger partial charge in [-0.05, 0) is 24.6 Å². The van der Waals surface area contributed by atoms with E-state index in [-0.39, 0.29) is 41.5 Å². The summed E-state index contributed by atoms with van der Waals surface area (Å²) >= 11 is 0. The van der Waals surface area contributed by atoms with Crippen molar-refractivity contribution in [2.24, 2.45) is 0 Å². The van der Waals surface area contributed by atoms with Gasteiger partial charge in [0.1, 0.15) is 11.5 Å². The lowest BCUT2D eigenvalue weighted by Gasteiger charge is -2.16. The van der Waals surface area contributed by atoms with Gasteiger partial charge in [0, 0.05) is 38.4 Å². The van der Waals surface area contributed by atoms with Gasteiger partial charge in [0.15, 0.2) is 5.43 Å². The second-order valence-corrected chi connectivity index (χ2v) is 7.57. The normalized spacial score (nSPS) is 10.9. The number of hydrogen-bond donors (Lipinski definition) is 3. The fraction of sp³-hybridized carbons (Fsp3) is 0.333. The summed E-state index contributed by atoms with van der Waals surface area (Å²) in [5.41, 5.74) is 9.12. The average Bonchev–Trinajstić information content (AvgIpc) is 2.82. The fourth-order valence-electron chi connectivity index (χ4n) is 3.62. The SMILES string of the molecule is CCn1c(N)c(CC(=O)NC)c(=O)c2ccc(-c3ccc(CC(=O)NCCOC)cc3)nc21. The maximum absolute atomic E-state index is 13.0. The monoisotopic (exact) mass is 451 g/mol. The lowest BCUT2D eigenvalue weighted by molar-refractivity contribution is -0.121. The molecule has 33 heavy (non-hydrogen) atoms. The number of aromatic nitrogens is 2. The van der Waals surface area contributed by atoms with Crippen LogP contribution in [-0.4, -0.2) is 48.7 Å². The van der Waals surface area contributed by atoms with Gasteiger partial charge in [-0.3, -0.25) is 14.4 Å². The zero-order valence-corrected chi connectivity index (χ0v) is 19.1. The van der Waals surface area contributed by atoms with Crippen molar-refractivity contribution in [2.45, 2.75) is 26.3 Å². The van der Waals surface area contributed by atoms with Gasteiger partial charge in [-0.2, -0.15) is 0 Å². The first-order chi connectivity index (χ1) is 15.9. The largest absolute Gasteiger partial charge is 0.385 e. The van der Waals surface area contributed by atoms with Crippen LogP contribution in [0.2, 0.25) is 0 Å². The van der Waals surface area contributed by atoms with Crippen LogP contribution >= 0.6 is 0 Å². The van der Waals surface area contributed by atoms with Crippen LogP contribution < -0.4 is 21.8 Å². The Labute approximate surface area is 192 Å². The van der Waals surface area contributed by atoms with Crippen LogP contribution in [0, 0.1) is 0 Å². The molecule has 4 N–H and O–H groups in total. The van der Waals surface area contributed by atoms with Crippen molar-refractivity contribution in [3.05, 3.63) is 57.7 Å². The standard InChI is InChI=1S/C24H29N5O4/c1-4-29-23(25)18(14-20(30)26-2)22(32)17-9-10-19(28-24(17)29)16-7-5-15(6-8-16)13-21(31)27-11-12-33-3/h5-10H,4,11-14,25H2,1-3H3,(H,26,30)(H,27,31). The number of fused-ring (bicyclic) bond motifs is 1. The number of nitrogens with zero attached hydrogens (tertiary/aromatic N) is 2. The molecule has 3 rings (SSSR count). The number of nitrogens with two attached hydrogens (primary N) is 1. The number of nitrogens with one attached hydrogen (secondary N) is 2. The maximum Gasteiger partial charge on any atom is 0.224 e. The molecule has 0 saturated heterocycles. The van der Waals surface area contributed by atoms with Crippen molar-refractivity contribution in [1.82, 2.24) is 20.2 Å². The molecule has 174 valence electrons. The Hall–Kier alpha value is -3.72. The first kappa shape index (κ1) is 23.9. The Bertz CT molecular complexity index is 1220. The second-order valence-electron chi connectivity index (χ2n) is 7.57. The molecule has 0 saturated carbocycles. The van der Waals surface area contributed by atoms with E-state index in [4.69, 9.17) is 15.5 Å². The number of aryl methyl sites for hydroxylation is 1. The number of rotatable bonds is 9. The molecule has 2 amide bonds. The number of pyridine rings is 2. The highest BCUT2D eigenvalue weighted by Gasteiger charge is 2.18. The molecule has 0 fully saturated rings. The molecule has 9 heteroatoms. The average molecular weight is 452 g/mol. The Morgan fingerprint density at radius 2 is 1.82 bits per heavy atom. The van der Waals surface area contributed by atoms with Crippen molar-refractivity contribution in [1.29, 1.82) is 0 Å². The van der Waals surface area contributed by atoms with Crippen LogP contribution in [-0.2, 0) is 33.7 Å². The molecular weight excluding hydrogens is 422 g/mol. The highest BCUT2D eigenvalue weighted by Crippen LogP contribution is 2.23. The number of benzene rings is 1. The summed E-state index contributed by atoms with van der Waals surface area (Å²) in [4.78, 5) is 41.6. The number of anilines is 1. The van der Waals surface area contributed by atoms with Crippen molar-refractivity contribution in [2.75, 3.05) is 33.0 Å². The van der Waals surface area contributed by atoms with Crippen molar-refractivity contribution < 1.29 is 14.3 Å². The van der Waals surface area contributed by atoms with Gasteiger partial charge >= 0.3 is 0 Å². The number of nitrogen functional groups attached to an aromatic ring is 1. The number of carbonyl (C=O) groups is 2. The summed E-state index contributed by atoms with van der Waals surface area (Å²) in [7, 11) is 3.11. The van der Waals surface area contributed by atoms with Crippen LogP contribution in [0.1, 0.15) is 18.1 Å². The molecule has 2 heterocycles. The third kappa shape index (κ3) is 5.38. The number of amides is 2. The Morgan fingerprint density at radius 3 is 2.45 bits per heavy atom. The Balaban J connectivity index is 1.92. The third-order valence-electron chi connectivity index (χ3n) is 5.42. The molecular formula is C24H29N5O4. The number of methoxy groups -OCH3 is 1. The van der Waals surface area contributed by atoms with Gasteiger partial charge in [-0.25, -0.2) is 4.98 Å². The molecule has 0 radical (unpaired) electrons. The van der Waals surface area contributed by atoms with Gasteiger partial charge < -0.3 is 25.7 Å². The predicted molar refractivity (Wildman–Crippen MR) is 128 cm³/mol. The van der Waals surface area contributed by atoms with Gasteiger partial charge in [0.05, 0.1) is 30.5 Å². The van der Waals surface area contributed by atoms with E-state index in [1.807, 2.05) is 31.2 Å². The summed E-state index contributed by atoms with van der Waals surface area (Å²) in [6.07, 6.45) is 0.189. The third-order valence-corrected chi connectivity index (χ3v) is 5.42. The first-order valence-corrected chi connectivity index (χ1v) is 10.8. The lowest BCUT2D eigenvalue weighted by atomic mass is 10.0. The molecule has 0 bridgehead atoms. The summed E-state index contributed by atoms with van der Waals surface area (Å²) in [5.74, 6) is -0.102. The molecule has 2 aromatic heterocycles. The highest BCUT2D eigenvalue weighted by molar-refractivity contribution is 5.85. The molecule has 0 atom stereocenters. The highest BCUT2D eigenvalue weighted by atomic mass is 16.5. The van der Waals surface area contributed by atoms with E-state index in [0.717, 1.165) is 11.1 Å². The van der Waals surface area contributed by atoms with Crippen molar-refractivity contribution in [3.8, 4) is 11.3 Å². The van der Waals surface area contributed by atoms with Crippen LogP contribution in [0.4, 0.5) is 5.82 Å². The van der Waals surface area contributed by atoms with E-state index < -0.39 is 0 Å². The molecule has 9 nitrogen and oxygen atoms in total. The van der Waals surface area contributed by atoms with Crippen molar-refractivity contribution >= 4 is 28.7 Å². The van der Waals surface area contributed by atoms with E-state index in [0.29, 0.717) is 36.4 Å². The van der Waals surface area contributed by atoms with Crippen LogP contribution in [0.25, 0.3) is 22.3 Å². The zero-order valence-electron chi connectivity index (χ0n) is 19.1. The van der Waals surface area contributed by atoms with Gasteiger partial charge in [-0.15, -0.1) is 0 Å². The minimum absolute atomic E-state index is 0.0707. The number of likely N-dealkylation sites (N-methyl/N-ethyl adjacent to an activating group) is 1. The number of hydrogen-bond acceptors (Lipinski definition) is 6. The molecule has 0 aliphatic carbocycles. The summed E-state index contributed by atoms with van der Waals surface area (Å²) in [6, 6.07) is 11.0. The van der Waals surface area contributed by atoms with E-state index in [1.165, 1.54) is 7.05 Å². The Morgan fingerprint density at radius 1 is 1.09 bits per heavy atom. The molecule has 0 unspecified atom stereocenters. The van der Waals surface area contributed by atoms with E-state index >= 15 is 0 Å². The van der Waals surface area contributed by atoms with Gasteiger partial charge in [0.25, 0.3) is 0 Å². The maximum atomic E-state index is 13.0. The minimum Gasteiger partial charge on any atom is -0.385 e. The minimum atomic E-state index is -0.287. The topological polar surface area (TPSA) is 128 Å². The van der Waals surface area contributed by atoms with Gasteiger partial charge in [-0.1, -0.05) is 24.3 Å². The quantitative estimate of drug-likeness (QED) is 0.420. The summed E-state index contributed by atoms with van der Waals surface area (Å²) in [5, 5.41) is 5.74. The fourth-order valence-corrected chi connectivity index (χ4v) is 3.62. The molecule has 0 spiro atoms. The molecule has 3 aromatic rings. The van der Waals surface area contributed by atoms with Crippen LogP contribution in [0.3, 0.4) is 0 Å². The lowest BCUT2D eigenvalue weighted by Crippen LogP contribution is -2.28. The van der Waals surface area contributed by atoms with Gasteiger partial charge in [0.2, 0.25) is 11.8 Å². The zero-order chi connectivity index (χ0) is 24.0. The molecule has 0 aliphatic heterocycles. The first-order valence-electron chi connectivity index (χ1n) is 10.8. The number of ether oxygens (including phenoxy) is 1. The smallest absolute Gasteiger partial charge is 0.224 e. The number of carbonyl (C=O) groups excluding carboxylic acids is 2. The molecule has 1 aromatic carbocycles. The summed E-state index contributed by atoms with van der Waals surface area (Å²) in [6.45, 7) is 3.35.